The quantitative estimate of drug-likeness (QED) is 0.803. The molecule has 2 aromatic carbocycles. The van der Waals surface area contributed by atoms with Gasteiger partial charge in [-0.25, -0.2) is 18.4 Å². The minimum Gasteiger partial charge on any atom is -0.465 e. The Hall–Kier alpha value is -2.09. The van der Waals surface area contributed by atoms with E-state index in [2.05, 4.69) is 10.1 Å². The van der Waals surface area contributed by atoms with Gasteiger partial charge in [0.15, 0.2) is 0 Å². The molecule has 0 bridgehead atoms. The number of rotatable bonds is 5. The Morgan fingerprint density at radius 2 is 1.96 bits per heavy atom. The first-order chi connectivity index (χ1) is 10.8. The van der Waals surface area contributed by atoms with E-state index in [9.17, 15) is 13.2 Å². The molecule has 0 aliphatic heterocycles. The molecule has 2 rings (SSSR count). The number of esters is 1. The van der Waals surface area contributed by atoms with Gasteiger partial charge in [-0.3, -0.25) is 0 Å². The first-order valence-corrected chi connectivity index (χ1v) is 8.48. The summed E-state index contributed by atoms with van der Waals surface area (Å²) in [6, 6.07) is 11.2. The summed E-state index contributed by atoms with van der Waals surface area (Å²) in [6.07, 6.45) is 0. The normalized spacial score (nSPS) is 11.1. The third kappa shape index (κ3) is 4.22. The van der Waals surface area contributed by atoms with Crippen molar-refractivity contribution in [2.45, 2.75) is 11.4 Å². The maximum absolute atomic E-state index is 11.9. The van der Waals surface area contributed by atoms with Crippen LogP contribution in [0.1, 0.15) is 15.9 Å². The molecule has 23 heavy (non-hydrogen) atoms. The smallest absolute Gasteiger partial charge is 0.340 e. The minimum absolute atomic E-state index is 0.0751. The molecule has 0 atom stereocenters. The molecule has 0 aromatic heterocycles. The van der Waals surface area contributed by atoms with Gasteiger partial charge in [0.1, 0.15) is 0 Å². The van der Waals surface area contributed by atoms with Crippen molar-refractivity contribution in [2.75, 3.05) is 12.4 Å². The van der Waals surface area contributed by atoms with Crippen LogP contribution in [-0.4, -0.2) is 21.5 Å². The van der Waals surface area contributed by atoms with Crippen molar-refractivity contribution in [1.82, 2.24) is 0 Å². The van der Waals surface area contributed by atoms with Crippen LogP contribution >= 0.6 is 11.6 Å². The lowest BCUT2D eigenvalue weighted by atomic mass is 10.1. The molecule has 6 nitrogen and oxygen atoms in total. The van der Waals surface area contributed by atoms with Gasteiger partial charge in [-0.1, -0.05) is 29.8 Å². The standard InChI is InChI=1S/C15H15ClN2O4S/c1-22-15(19)12-8-11(23(17,20)21)6-7-14(12)18-9-10-4-2-3-5-13(10)16/h2-8,18H,9H2,1H3,(H2,17,20,21). The number of sulfonamides is 1. The average Bonchev–Trinajstić information content (AvgIpc) is 2.52. The van der Waals surface area contributed by atoms with Gasteiger partial charge >= 0.3 is 5.97 Å². The van der Waals surface area contributed by atoms with E-state index >= 15 is 0 Å². The average molecular weight is 355 g/mol. The number of methoxy groups -OCH3 is 1. The third-order valence-corrected chi connectivity index (χ3v) is 4.43. The number of hydrogen-bond donors (Lipinski definition) is 2. The molecule has 0 unspecified atom stereocenters. The van der Waals surface area contributed by atoms with Gasteiger partial charge in [0.05, 0.1) is 17.6 Å². The van der Waals surface area contributed by atoms with Gasteiger partial charge < -0.3 is 10.1 Å². The lowest BCUT2D eigenvalue weighted by Gasteiger charge is -2.13. The van der Waals surface area contributed by atoms with Gasteiger partial charge in [-0.2, -0.15) is 0 Å². The maximum atomic E-state index is 11.9. The van der Waals surface area contributed by atoms with Crippen LogP contribution in [0.4, 0.5) is 5.69 Å². The first-order valence-electron chi connectivity index (χ1n) is 6.55. The summed E-state index contributed by atoms with van der Waals surface area (Å²) in [5, 5.41) is 8.71. The Bertz CT molecular complexity index is 837. The van der Waals surface area contributed by atoms with Crippen molar-refractivity contribution in [3.63, 3.8) is 0 Å². The summed E-state index contributed by atoms with van der Waals surface area (Å²) in [6.45, 7) is 0.360. The van der Waals surface area contributed by atoms with E-state index in [-0.39, 0.29) is 10.5 Å². The Morgan fingerprint density at radius 1 is 1.26 bits per heavy atom. The van der Waals surface area contributed by atoms with E-state index in [1.54, 1.807) is 6.07 Å². The van der Waals surface area contributed by atoms with Crippen LogP contribution in [0.2, 0.25) is 5.02 Å². The summed E-state index contributed by atoms with van der Waals surface area (Å²) in [5.41, 5.74) is 1.33. The number of primary sulfonamides is 1. The molecule has 2 aromatic rings. The lowest BCUT2D eigenvalue weighted by molar-refractivity contribution is 0.0601. The topological polar surface area (TPSA) is 98.5 Å². The molecule has 8 heteroatoms. The molecule has 0 saturated carbocycles. The highest BCUT2D eigenvalue weighted by Crippen LogP contribution is 2.23. The summed E-state index contributed by atoms with van der Waals surface area (Å²) >= 11 is 6.08. The number of carbonyl (C=O) groups is 1. The number of carbonyl (C=O) groups excluding carboxylic acids is 1. The minimum atomic E-state index is -3.91. The number of hydrogen-bond acceptors (Lipinski definition) is 5. The second kappa shape index (κ2) is 6.99. The van der Waals surface area contributed by atoms with Crippen LogP contribution in [0.25, 0.3) is 0 Å². The third-order valence-electron chi connectivity index (χ3n) is 3.15. The second-order valence-electron chi connectivity index (χ2n) is 4.69. The summed E-state index contributed by atoms with van der Waals surface area (Å²) < 4.78 is 27.5. The number of nitrogens with two attached hydrogens (primary N) is 1. The van der Waals surface area contributed by atoms with Gasteiger partial charge in [-0.15, -0.1) is 0 Å². The van der Waals surface area contributed by atoms with E-state index < -0.39 is 16.0 Å². The number of halogens is 1. The fraction of sp³-hybridized carbons (Fsp3) is 0.133. The van der Waals surface area contributed by atoms with Crippen LogP contribution < -0.4 is 10.5 Å². The van der Waals surface area contributed by atoms with E-state index in [1.807, 2.05) is 18.2 Å². The predicted molar refractivity (Wildman–Crippen MR) is 87.9 cm³/mol. The van der Waals surface area contributed by atoms with E-state index in [1.165, 1.54) is 25.3 Å². The fourth-order valence-electron chi connectivity index (χ4n) is 1.97. The Kier molecular flexibility index (Phi) is 5.25. The Morgan fingerprint density at radius 3 is 2.57 bits per heavy atom. The Balaban J connectivity index is 2.34. The van der Waals surface area contributed by atoms with Gasteiger partial charge in [0.2, 0.25) is 10.0 Å². The molecular weight excluding hydrogens is 340 g/mol. The van der Waals surface area contributed by atoms with Gasteiger partial charge in [-0.05, 0) is 29.8 Å². The number of nitrogens with one attached hydrogen (secondary N) is 1. The molecule has 0 saturated heterocycles. The van der Waals surface area contributed by atoms with E-state index in [0.717, 1.165) is 5.56 Å². The van der Waals surface area contributed by atoms with Crippen molar-refractivity contribution in [2.24, 2.45) is 5.14 Å². The van der Waals surface area contributed by atoms with E-state index in [4.69, 9.17) is 16.7 Å². The van der Waals surface area contributed by atoms with Crippen molar-refractivity contribution >= 4 is 33.3 Å². The zero-order valence-corrected chi connectivity index (χ0v) is 13.8. The van der Waals surface area contributed by atoms with Crippen LogP contribution in [0, 0.1) is 0 Å². The molecule has 0 heterocycles. The highest BCUT2D eigenvalue weighted by atomic mass is 35.5. The van der Waals surface area contributed by atoms with Gasteiger partial charge in [0.25, 0.3) is 0 Å². The highest BCUT2D eigenvalue weighted by Gasteiger charge is 2.17. The monoisotopic (exact) mass is 354 g/mol. The molecule has 0 radical (unpaired) electrons. The molecule has 122 valence electrons. The molecule has 0 aliphatic carbocycles. The van der Waals surface area contributed by atoms with E-state index in [0.29, 0.717) is 17.3 Å². The molecular formula is C15H15ClN2O4S. The fourth-order valence-corrected chi connectivity index (χ4v) is 2.71. The van der Waals surface area contributed by atoms with Crippen molar-refractivity contribution in [3.8, 4) is 0 Å². The van der Waals surface area contributed by atoms with Gasteiger partial charge in [0, 0.05) is 17.3 Å². The predicted octanol–water partition coefficient (Wildman–Crippen LogP) is 2.39. The molecule has 0 amide bonds. The molecule has 0 aliphatic rings. The van der Waals surface area contributed by atoms with Crippen LogP contribution in [0.5, 0.6) is 0 Å². The summed E-state index contributed by atoms with van der Waals surface area (Å²) in [5.74, 6) is -0.669. The van der Waals surface area contributed by atoms with Crippen LogP contribution in [0.15, 0.2) is 47.4 Å². The summed E-state index contributed by atoms with van der Waals surface area (Å²) in [7, 11) is -2.70. The highest BCUT2D eigenvalue weighted by molar-refractivity contribution is 7.89. The number of ether oxygens (including phenoxy) is 1. The molecule has 0 fully saturated rings. The van der Waals surface area contributed by atoms with Crippen LogP contribution in [-0.2, 0) is 21.3 Å². The molecule has 0 spiro atoms. The lowest BCUT2D eigenvalue weighted by Crippen LogP contribution is -2.15. The maximum Gasteiger partial charge on any atom is 0.340 e. The van der Waals surface area contributed by atoms with Crippen molar-refractivity contribution < 1.29 is 17.9 Å². The first kappa shape index (κ1) is 17.3. The van der Waals surface area contributed by atoms with Crippen molar-refractivity contribution in [1.29, 1.82) is 0 Å². The second-order valence-corrected chi connectivity index (χ2v) is 6.66. The zero-order valence-electron chi connectivity index (χ0n) is 12.2. The van der Waals surface area contributed by atoms with Crippen molar-refractivity contribution in [3.05, 3.63) is 58.6 Å². The number of anilines is 1. The largest absolute Gasteiger partial charge is 0.465 e. The summed E-state index contributed by atoms with van der Waals surface area (Å²) in [4.78, 5) is 11.7. The number of benzene rings is 2. The van der Waals surface area contributed by atoms with Crippen LogP contribution in [0.3, 0.4) is 0 Å². The molecule has 3 N–H and O–H groups in total. The Labute approximate surface area is 139 Å². The SMILES string of the molecule is COC(=O)c1cc(S(N)(=O)=O)ccc1NCc1ccccc1Cl. The zero-order chi connectivity index (χ0) is 17.0.